The summed E-state index contributed by atoms with van der Waals surface area (Å²) in [6.45, 7) is 4.87. The Hall–Kier alpha value is -1.92. The van der Waals surface area contributed by atoms with Crippen LogP contribution in [-0.4, -0.2) is 47.4 Å². The minimum atomic E-state index is -0.856. The van der Waals surface area contributed by atoms with Crippen molar-refractivity contribution in [1.29, 1.82) is 0 Å². The van der Waals surface area contributed by atoms with E-state index in [1.807, 2.05) is 6.08 Å². The van der Waals surface area contributed by atoms with Crippen molar-refractivity contribution in [2.24, 2.45) is 0 Å². The van der Waals surface area contributed by atoms with Crippen LogP contribution in [0.1, 0.15) is 309 Å². The normalized spacial score (nSPS) is 12.8. The number of unbranched alkanes of at least 4 members (excludes halogenated alkanes) is 39. The van der Waals surface area contributed by atoms with Crippen molar-refractivity contribution in [3.8, 4) is 0 Å². The topological polar surface area (TPSA) is 95.9 Å². The van der Waals surface area contributed by atoms with E-state index >= 15 is 0 Å². The molecule has 6 heteroatoms. The molecule has 1 amide bonds. The van der Waals surface area contributed by atoms with Crippen molar-refractivity contribution in [3.05, 3.63) is 36.5 Å². The number of esters is 1. The fraction of sp³-hybridized carbons (Fsp3) is 0.867. The maximum Gasteiger partial charge on any atom is 0.305 e. The predicted molar refractivity (Wildman–Crippen MR) is 287 cm³/mol. The molecule has 0 aromatic carbocycles. The largest absolute Gasteiger partial charge is 0.466 e. The first-order chi connectivity index (χ1) is 32.5. The Morgan fingerprint density at radius 1 is 0.424 bits per heavy atom. The predicted octanol–water partition coefficient (Wildman–Crippen LogP) is 18.0. The number of carbonyl (C=O) groups excluding carboxylic acids is 2. The van der Waals surface area contributed by atoms with Crippen LogP contribution in [0.4, 0.5) is 0 Å². The van der Waals surface area contributed by atoms with Crippen LogP contribution in [0.3, 0.4) is 0 Å². The molecule has 6 nitrogen and oxygen atoms in total. The first-order valence-corrected chi connectivity index (χ1v) is 29.3. The van der Waals surface area contributed by atoms with Crippen LogP contribution in [0.2, 0.25) is 0 Å². The Kier molecular flexibility index (Phi) is 54.1. The Bertz CT molecular complexity index is 1070. The van der Waals surface area contributed by atoms with Gasteiger partial charge in [0.1, 0.15) is 0 Å². The maximum atomic E-state index is 12.5. The van der Waals surface area contributed by atoms with E-state index in [1.165, 1.54) is 199 Å². The second-order valence-corrected chi connectivity index (χ2v) is 20.0. The first kappa shape index (κ1) is 64.1. The third-order valence-corrected chi connectivity index (χ3v) is 13.4. The highest BCUT2D eigenvalue weighted by Gasteiger charge is 2.18. The number of hydrogen-bond acceptors (Lipinski definition) is 5. The molecule has 2 atom stereocenters. The Balaban J connectivity index is 3.53. The van der Waals surface area contributed by atoms with Crippen LogP contribution in [0.25, 0.3) is 0 Å². The summed E-state index contributed by atoms with van der Waals surface area (Å²) in [7, 11) is 0. The second-order valence-electron chi connectivity index (χ2n) is 20.0. The van der Waals surface area contributed by atoms with E-state index in [2.05, 4.69) is 43.5 Å². The number of aliphatic hydroxyl groups excluding tert-OH is 2. The minimum Gasteiger partial charge on any atom is -0.466 e. The van der Waals surface area contributed by atoms with Gasteiger partial charge >= 0.3 is 5.97 Å². The van der Waals surface area contributed by atoms with E-state index in [-0.39, 0.29) is 18.5 Å². The molecule has 0 aliphatic carbocycles. The van der Waals surface area contributed by atoms with Crippen molar-refractivity contribution in [2.75, 3.05) is 13.2 Å². The summed E-state index contributed by atoms with van der Waals surface area (Å²) in [5.74, 6) is -0.0979. The van der Waals surface area contributed by atoms with E-state index in [4.69, 9.17) is 4.74 Å². The highest BCUT2D eigenvalue weighted by atomic mass is 16.5. The summed E-state index contributed by atoms with van der Waals surface area (Å²) in [6.07, 6.45) is 68.8. The van der Waals surface area contributed by atoms with Crippen LogP contribution in [0.15, 0.2) is 36.5 Å². The van der Waals surface area contributed by atoms with Crippen LogP contribution in [0, 0.1) is 0 Å². The van der Waals surface area contributed by atoms with Gasteiger partial charge in [0, 0.05) is 12.8 Å². The van der Waals surface area contributed by atoms with Crippen molar-refractivity contribution in [3.63, 3.8) is 0 Å². The average Bonchev–Trinajstić information content (AvgIpc) is 3.32. The van der Waals surface area contributed by atoms with Gasteiger partial charge in [-0.3, -0.25) is 9.59 Å². The molecule has 0 rings (SSSR count). The molecule has 0 saturated carbocycles. The molecule has 0 aromatic heterocycles. The van der Waals surface area contributed by atoms with E-state index in [1.54, 1.807) is 6.08 Å². The molecule has 0 aliphatic rings. The van der Waals surface area contributed by atoms with Crippen molar-refractivity contribution >= 4 is 11.9 Å². The zero-order valence-electron chi connectivity index (χ0n) is 44.2. The first-order valence-electron chi connectivity index (χ1n) is 29.3. The van der Waals surface area contributed by atoms with Gasteiger partial charge < -0.3 is 20.3 Å². The molecule has 0 bridgehead atoms. The lowest BCUT2D eigenvalue weighted by Crippen LogP contribution is -2.45. The van der Waals surface area contributed by atoms with Gasteiger partial charge in [-0.1, -0.05) is 262 Å². The standard InChI is InChI=1S/C60H113NO5/c1-3-5-7-9-11-13-15-17-18-19-20-21-23-26-29-32-36-40-44-48-52-58(63)57(56-62)61-59(64)53-49-45-41-37-33-30-27-24-22-25-28-31-35-39-43-47-51-55-66-60(65)54-50-46-42-38-34-16-14-12-10-8-6-4-2/h22,25,31,35,48,52,57-58,62-63H,3-21,23-24,26-30,32-34,36-47,49-51,53-56H2,1-2H3,(H,61,64)/b25-22-,35-31-,52-48+. The number of hydrogen-bond donors (Lipinski definition) is 3. The Labute approximate surface area is 411 Å². The fourth-order valence-electron chi connectivity index (χ4n) is 8.90. The molecular formula is C60H113NO5. The van der Waals surface area contributed by atoms with Gasteiger partial charge in [-0.05, 0) is 70.6 Å². The highest BCUT2D eigenvalue weighted by molar-refractivity contribution is 5.76. The van der Waals surface area contributed by atoms with Gasteiger partial charge in [-0.15, -0.1) is 0 Å². The molecule has 0 fully saturated rings. The van der Waals surface area contributed by atoms with Gasteiger partial charge in [-0.25, -0.2) is 0 Å². The molecule has 66 heavy (non-hydrogen) atoms. The van der Waals surface area contributed by atoms with E-state index < -0.39 is 12.1 Å². The van der Waals surface area contributed by atoms with Crippen molar-refractivity contribution < 1.29 is 24.5 Å². The van der Waals surface area contributed by atoms with E-state index in [0.29, 0.717) is 19.4 Å². The number of nitrogens with one attached hydrogen (secondary N) is 1. The van der Waals surface area contributed by atoms with Crippen molar-refractivity contribution in [1.82, 2.24) is 5.32 Å². The molecular weight excluding hydrogens is 815 g/mol. The lowest BCUT2D eigenvalue weighted by atomic mass is 10.0. The third-order valence-electron chi connectivity index (χ3n) is 13.4. The highest BCUT2D eigenvalue weighted by Crippen LogP contribution is 2.17. The van der Waals surface area contributed by atoms with Gasteiger partial charge in [-0.2, -0.15) is 0 Å². The molecule has 0 aliphatic heterocycles. The van der Waals surface area contributed by atoms with Crippen LogP contribution < -0.4 is 5.32 Å². The maximum absolute atomic E-state index is 12.5. The third kappa shape index (κ3) is 51.5. The number of ether oxygens (including phenoxy) is 1. The van der Waals surface area contributed by atoms with E-state index in [9.17, 15) is 19.8 Å². The summed E-state index contributed by atoms with van der Waals surface area (Å²) in [4.78, 5) is 24.5. The Morgan fingerprint density at radius 2 is 0.758 bits per heavy atom. The number of aliphatic hydroxyl groups is 2. The second kappa shape index (κ2) is 55.7. The van der Waals surface area contributed by atoms with Crippen LogP contribution in [0.5, 0.6) is 0 Å². The summed E-state index contributed by atoms with van der Waals surface area (Å²) < 4.78 is 5.44. The van der Waals surface area contributed by atoms with E-state index in [0.717, 1.165) is 83.5 Å². The summed E-state index contributed by atoms with van der Waals surface area (Å²) in [6, 6.07) is -0.641. The number of carbonyl (C=O) groups is 2. The number of rotatable bonds is 54. The van der Waals surface area contributed by atoms with Crippen LogP contribution >= 0.6 is 0 Å². The fourth-order valence-corrected chi connectivity index (χ4v) is 8.90. The molecule has 0 spiro atoms. The number of allylic oxidation sites excluding steroid dienone is 5. The zero-order valence-corrected chi connectivity index (χ0v) is 44.2. The number of amides is 1. The van der Waals surface area contributed by atoms with Gasteiger partial charge in [0.15, 0.2) is 0 Å². The SMILES string of the molecule is CCCCCCCCCCCCCCCCCCCC/C=C/C(O)C(CO)NC(=O)CCCCCCCCC/C=C\C/C=C\CCCCCOC(=O)CCCCCCCCCCCCCC. The monoisotopic (exact) mass is 928 g/mol. The lowest BCUT2D eigenvalue weighted by molar-refractivity contribution is -0.143. The molecule has 0 saturated heterocycles. The van der Waals surface area contributed by atoms with Crippen LogP contribution in [-0.2, 0) is 14.3 Å². The molecule has 0 radical (unpaired) electrons. The van der Waals surface area contributed by atoms with Gasteiger partial charge in [0.05, 0.1) is 25.4 Å². The molecule has 3 N–H and O–H groups in total. The molecule has 0 heterocycles. The zero-order chi connectivity index (χ0) is 47.9. The summed E-state index contributed by atoms with van der Waals surface area (Å²) >= 11 is 0. The summed E-state index contributed by atoms with van der Waals surface area (Å²) in [5, 5.41) is 23.2. The molecule has 0 aromatic rings. The molecule has 388 valence electrons. The summed E-state index contributed by atoms with van der Waals surface area (Å²) in [5.41, 5.74) is 0. The van der Waals surface area contributed by atoms with Crippen molar-refractivity contribution in [2.45, 2.75) is 321 Å². The van der Waals surface area contributed by atoms with Gasteiger partial charge in [0.25, 0.3) is 0 Å². The molecule has 2 unspecified atom stereocenters. The lowest BCUT2D eigenvalue weighted by Gasteiger charge is -2.20. The van der Waals surface area contributed by atoms with Gasteiger partial charge in [0.2, 0.25) is 5.91 Å². The Morgan fingerprint density at radius 3 is 1.15 bits per heavy atom. The smallest absolute Gasteiger partial charge is 0.305 e. The minimum absolute atomic E-state index is 0.0157. The quantitative estimate of drug-likeness (QED) is 0.0321. The average molecular weight is 929 g/mol.